The normalized spacial score (nSPS) is 10.4. The van der Waals surface area contributed by atoms with E-state index in [4.69, 9.17) is 25.6 Å². The Bertz CT molecular complexity index is 1170. The molecule has 0 unspecified atom stereocenters. The third kappa shape index (κ3) is 5.67. The van der Waals surface area contributed by atoms with Gasteiger partial charge in [-0.25, -0.2) is 14.6 Å². The molecular weight excluding hydrogens is 428 g/mol. The van der Waals surface area contributed by atoms with Gasteiger partial charge in [0.05, 0.1) is 19.9 Å². The molecule has 0 radical (unpaired) electrons. The summed E-state index contributed by atoms with van der Waals surface area (Å²) < 4.78 is 22.1. The van der Waals surface area contributed by atoms with E-state index in [1.54, 1.807) is 30.3 Å². The highest BCUT2D eigenvalue weighted by molar-refractivity contribution is 5.95. The monoisotopic (exact) mass is 452 g/mol. The summed E-state index contributed by atoms with van der Waals surface area (Å²) in [4.78, 5) is 27.7. The summed E-state index contributed by atoms with van der Waals surface area (Å²) in [6.07, 6.45) is 1.87. The summed E-state index contributed by atoms with van der Waals surface area (Å²) in [6, 6.07) is 12.3. The molecule has 3 N–H and O–H groups in total. The average molecular weight is 452 g/mol. The van der Waals surface area contributed by atoms with Crippen molar-refractivity contribution in [3.05, 3.63) is 54.2 Å². The predicted molar refractivity (Wildman–Crippen MR) is 120 cm³/mol. The first-order valence-corrected chi connectivity index (χ1v) is 9.84. The van der Waals surface area contributed by atoms with Crippen LogP contribution in [0.3, 0.4) is 0 Å². The Kier molecular flexibility index (Phi) is 7.29. The maximum Gasteiger partial charge on any atom is 0.343 e. The second kappa shape index (κ2) is 10.3. The molecule has 0 amide bonds. The lowest BCUT2D eigenvalue weighted by molar-refractivity contribution is -0.144. The lowest BCUT2D eigenvalue weighted by Gasteiger charge is -2.13. The fourth-order valence-electron chi connectivity index (χ4n) is 2.96. The molecule has 0 aliphatic rings. The Balaban J connectivity index is 1.92. The van der Waals surface area contributed by atoms with Crippen LogP contribution < -0.4 is 15.2 Å². The standard InChI is InChI=1S/C23H24N4O6/c1-27-11-17(14-4-6-15(7-5-14)22(24)25)26-23(27)16-8-9-18(32-12-20(28)30-2)19(10-16)33-13-21(29)31-3/h4-11H,12-13H2,1-3H3,(H3,24,25). The number of esters is 2. The number of aryl methyl sites for hydroxylation is 1. The Hall–Kier alpha value is -4.34. The number of hydrogen-bond donors (Lipinski definition) is 2. The van der Waals surface area contributed by atoms with Gasteiger partial charge in [0, 0.05) is 29.9 Å². The molecule has 1 heterocycles. The van der Waals surface area contributed by atoms with Crippen molar-refractivity contribution in [2.75, 3.05) is 27.4 Å². The van der Waals surface area contributed by atoms with Crippen LogP contribution in [0, 0.1) is 5.41 Å². The molecule has 2 aromatic carbocycles. The van der Waals surface area contributed by atoms with Gasteiger partial charge in [0.1, 0.15) is 11.7 Å². The minimum Gasteiger partial charge on any atom is -0.478 e. The molecule has 10 nitrogen and oxygen atoms in total. The van der Waals surface area contributed by atoms with Crippen LogP contribution in [-0.4, -0.2) is 54.8 Å². The van der Waals surface area contributed by atoms with Gasteiger partial charge in [-0.1, -0.05) is 24.3 Å². The fourth-order valence-corrected chi connectivity index (χ4v) is 2.96. The highest BCUT2D eigenvalue weighted by Crippen LogP contribution is 2.33. The molecule has 172 valence electrons. The van der Waals surface area contributed by atoms with Gasteiger partial charge in [-0.2, -0.15) is 0 Å². The van der Waals surface area contributed by atoms with Gasteiger partial charge in [-0.3, -0.25) is 5.41 Å². The van der Waals surface area contributed by atoms with E-state index in [0.29, 0.717) is 17.0 Å². The molecule has 33 heavy (non-hydrogen) atoms. The topological polar surface area (TPSA) is 139 Å². The van der Waals surface area contributed by atoms with Crippen LogP contribution in [0.1, 0.15) is 5.56 Å². The molecule has 3 aromatic rings. The first-order chi connectivity index (χ1) is 15.8. The number of nitrogens with one attached hydrogen (secondary N) is 1. The van der Waals surface area contributed by atoms with E-state index < -0.39 is 11.9 Å². The molecule has 10 heteroatoms. The van der Waals surface area contributed by atoms with Crippen LogP contribution in [0.5, 0.6) is 11.5 Å². The van der Waals surface area contributed by atoms with E-state index in [9.17, 15) is 9.59 Å². The van der Waals surface area contributed by atoms with Gasteiger partial charge in [0.15, 0.2) is 24.7 Å². The fraction of sp³-hybridized carbons (Fsp3) is 0.217. The minimum absolute atomic E-state index is 0.00254. The number of rotatable bonds is 9. The highest BCUT2D eigenvalue weighted by Gasteiger charge is 2.16. The number of nitrogen functional groups attached to an aromatic ring is 1. The number of carbonyl (C=O) groups excluding carboxylic acids is 2. The second-order valence-electron chi connectivity index (χ2n) is 6.94. The molecule has 0 fully saturated rings. The number of ether oxygens (including phenoxy) is 4. The summed E-state index contributed by atoms with van der Waals surface area (Å²) in [5.41, 5.74) is 8.44. The molecule has 1 aromatic heterocycles. The van der Waals surface area contributed by atoms with Crippen molar-refractivity contribution in [3.8, 4) is 34.1 Å². The number of hydrogen-bond acceptors (Lipinski definition) is 8. The van der Waals surface area contributed by atoms with E-state index in [1.165, 1.54) is 14.2 Å². The van der Waals surface area contributed by atoms with Gasteiger partial charge >= 0.3 is 11.9 Å². The number of nitrogens with two attached hydrogens (primary N) is 1. The molecule has 0 saturated carbocycles. The molecular formula is C23H24N4O6. The summed E-state index contributed by atoms with van der Waals surface area (Å²) in [5.74, 6) is 0.0370. The second-order valence-corrected chi connectivity index (χ2v) is 6.94. The lowest BCUT2D eigenvalue weighted by Crippen LogP contribution is -2.15. The predicted octanol–water partition coefficient (Wildman–Crippen LogP) is 2.14. The van der Waals surface area contributed by atoms with Crippen LogP contribution in [0.2, 0.25) is 0 Å². The lowest BCUT2D eigenvalue weighted by atomic mass is 10.1. The van der Waals surface area contributed by atoms with Crippen molar-refractivity contribution >= 4 is 17.8 Å². The number of nitrogens with zero attached hydrogens (tertiary/aromatic N) is 2. The zero-order valence-electron chi connectivity index (χ0n) is 18.5. The molecule has 0 saturated heterocycles. The van der Waals surface area contributed by atoms with Crippen molar-refractivity contribution in [1.29, 1.82) is 5.41 Å². The first-order valence-electron chi connectivity index (χ1n) is 9.84. The van der Waals surface area contributed by atoms with Gasteiger partial charge in [-0.15, -0.1) is 0 Å². The number of methoxy groups -OCH3 is 2. The molecule has 0 atom stereocenters. The third-order valence-electron chi connectivity index (χ3n) is 4.72. The van der Waals surface area contributed by atoms with Gasteiger partial charge in [0.25, 0.3) is 0 Å². The van der Waals surface area contributed by atoms with E-state index in [2.05, 4.69) is 9.47 Å². The van der Waals surface area contributed by atoms with Crippen molar-refractivity contribution in [2.45, 2.75) is 0 Å². The number of imidazole rings is 1. The van der Waals surface area contributed by atoms with Crippen LogP contribution in [0.4, 0.5) is 0 Å². The number of benzene rings is 2. The van der Waals surface area contributed by atoms with Gasteiger partial charge < -0.3 is 29.2 Å². The van der Waals surface area contributed by atoms with E-state index in [1.807, 2.05) is 29.9 Å². The minimum atomic E-state index is -0.562. The Morgan fingerprint density at radius 2 is 1.52 bits per heavy atom. The summed E-state index contributed by atoms with van der Waals surface area (Å²) >= 11 is 0. The SMILES string of the molecule is COC(=O)COc1ccc(-c2nc(-c3ccc(C(=N)N)cc3)cn2C)cc1OCC(=O)OC. The maximum atomic E-state index is 11.5. The average Bonchev–Trinajstić information content (AvgIpc) is 3.22. The first kappa shape index (κ1) is 23.3. The van der Waals surface area contributed by atoms with E-state index >= 15 is 0 Å². The summed E-state index contributed by atoms with van der Waals surface area (Å²) in [7, 11) is 4.37. The Morgan fingerprint density at radius 3 is 2.09 bits per heavy atom. The molecule has 0 aliphatic heterocycles. The third-order valence-corrected chi connectivity index (χ3v) is 4.72. The molecule has 3 rings (SSSR count). The molecule has 0 aliphatic carbocycles. The zero-order valence-corrected chi connectivity index (χ0v) is 18.5. The number of aromatic nitrogens is 2. The Labute approximate surface area is 190 Å². The zero-order chi connectivity index (χ0) is 24.0. The summed E-state index contributed by atoms with van der Waals surface area (Å²) in [5, 5.41) is 7.52. The van der Waals surface area contributed by atoms with Gasteiger partial charge in [0.2, 0.25) is 0 Å². The van der Waals surface area contributed by atoms with Crippen molar-refractivity contribution < 1.29 is 28.5 Å². The number of amidine groups is 1. The van der Waals surface area contributed by atoms with Crippen molar-refractivity contribution in [1.82, 2.24) is 9.55 Å². The van der Waals surface area contributed by atoms with E-state index in [-0.39, 0.29) is 30.5 Å². The number of carbonyl (C=O) groups is 2. The van der Waals surface area contributed by atoms with Crippen molar-refractivity contribution in [2.24, 2.45) is 12.8 Å². The largest absolute Gasteiger partial charge is 0.478 e. The van der Waals surface area contributed by atoms with Crippen LogP contribution >= 0.6 is 0 Å². The van der Waals surface area contributed by atoms with Crippen LogP contribution in [0.15, 0.2) is 48.7 Å². The molecule has 0 bridgehead atoms. The van der Waals surface area contributed by atoms with Gasteiger partial charge in [-0.05, 0) is 18.2 Å². The van der Waals surface area contributed by atoms with Crippen molar-refractivity contribution in [3.63, 3.8) is 0 Å². The van der Waals surface area contributed by atoms with E-state index in [0.717, 1.165) is 11.3 Å². The highest BCUT2D eigenvalue weighted by atomic mass is 16.6. The summed E-state index contributed by atoms with van der Waals surface area (Å²) in [6.45, 7) is -0.643. The smallest absolute Gasteiger partial charge is 0.343 e. The van der Waals surface area contributed by atoms with Crippen LogP contribution in [0.25, 0.3) is 22.6 Å². The molecule has 0 spiro atoms. The quantitative estimate of drug-likeness (QED) is 0.286. The van der Waals surface area contributed by atoms with Crippen LogP contribution in [-0.2, 0) is 26.1 Å². The Morgan fingerprint density at radius 1 is 0.939 bits per heavy atom. The maximum absolute atomic E-state index is 11.5.